The standard InChI is InChI=1S/C19H29N5O.HI/c1-20-18(22-16-8-2-3-9-16)21-14-15-7-6-10-17(13-15)23-19(25)24-11-4-5-12-24;/h6-7,10,13,16H,2-5,8-9,11-12,14H2,1H3,(H,23,25)(H2,20,21,22);1H. The SMILES string of the molecule is CN=C(NCc1cccc(NC(=O)N2CCCC2)c1)NC1CCCC1.I. The minimum Gasteiger partial charge on any atom is -0.354 e. The van der Waals surface area contributed by atoms with Gasteiger partial charge >= 0.3 is 6.03 Å². The number of urea groups is 1. The third kappa shape index (κ3) is 6.03. The Bertz CT molecular complexity index is 610. The second kappa shape index (κ2) is 10.6. The monoisotopic (exact) mass is 471 g/mol. The fourth-order valence-electron chi connectivity index (χ4n) is 3.53. The molecule has 7 heteroatoms. The van der Waals surface area contributed by atoms with Crippen LogP contribution in [0.2, 0.25) is 0 Å². The lowest BCUT2D eigenvalue weighted by Crippen LogP contribution is -2.41. The van der Waals surface area contributed by atoms with Crippen LogP contribution in [0.15, 0.2) is 29.3 Å². The number of amides is 2. The lowest BCUT2D eigenvalue weighted by molar-refractivity contribution is 0.222. The van der Waals surface area contributed by atoms with Crippen molar-refractivity contribution in [2.24, 2.45) is 4.99 Å². The van der Waals surface area contributed by atoms with Crippen molar-refractivity contribution in [3.63, 3.8) is 0 Å². The van der Waals surface area contributed by atoms with Crippen LogP contribution in [0.25, 0.3) is 0 Å². The minimum absolute atomic E-state index is 0. The van der Waals surface area contributed by atoms with Crippen molar-refractivity contribution in [3.05, 3.63) is 29.8 Å². The number of guanidine groups is 1. The molecule has 1 saturated heterocycles. The fraction of sp³-hybridized carbons (Fsp3) is 0.579. The zero-order valence-electron chi connectivity index (χ0n) is 15.5. The summed E-state index contributed by atoms with van der Waals surface area (Å²) in [6.07, 6.45) is 7.24. The average molecular weight is 471 g/mol. The van der Waals surface area contributed by atoms with Crippen molar-refractivity contribution < 1.29 is 4.79 Å². The Labute approximate surface area is 173 Å². The number of likely N-dealkylation sites (tertiary alicyclic amines) is 1. The van der Waals surface area contributed by atoms with Gasteiger partial charge in [-0.2, -0.15) is 0 Å². The Kier molecular flexibility index (Phi) is 8.47. The van der Waals surface area contributed by atoms with Crippen LogP contribution < -0.4 is 16.0 Å². The van der Waals surface area contributed by atoms with E-state index in [9.17, 15) is 4.79 Å². The number of hydrogen-bond acceptors (Lipinski definition) is 2. The molecule has 0 unspecified atom stereocenters. The first kappa shape index (κ1) is 20.8. The number of aliphatic imine (C=N–C) groups is 1. The third-order valence-corrected chi connectivity index (χ3v) is 4.95. The summed E-state index contributed by atoms with van der Waals surface area (Å²) in [7, 11) is 1.80. The number of rotatable bonds is 4. The van der Waals surface area contributed by atoms with Crippen LogP contribution in [0.1, 0.15) is 44.1 Å². The maximum absolute atomic E-state index is 12.2. The molecule has 3 N–H and O–H groups in total. The Morgan fingerprint density at radius 3 is 2.62 bits per heavy atom. The number of benzene rings is 1. The van der Waals surface area contributed by atoms with Crippen molar-refractivity contribution >= 4 is 41.7 Å². The molecule has 1 aromatic rings. The van der Waals surface area contributed by atoms with E-state index in [1.54, 1.807) is 7.05 Å². The Morgan fingerprint density at radius 1 is 1.19 bits per heavy atom. The van der Waals surface area contributed by atoms with E-state index >= 15 is 0 Å². The normalized spacial score (nSPS) is 17.7. The molecule has 1 aliphatic carbocycles. The molecule has 1 aromatic carbocycles. The largest absolute Gasteiger partial charge is 0.354 e. The molecule has 2 fully saturated rings. The maximum atomic E-state index is 12.2. The van der Waals surface area contributed by atoms with E-state index in [2.05, 4.69) is 27.0 Å². The molecular formula is C19H30IN5O. The first-order chi connectivity index (χ1) is 12.2. The van der Waals surface area contributed by atoms with Gasteiger partial charge in [-0.15, -0.1) is 24.0 Å². The van der Waals surface area contributed by atoms with Gasteiger partial charge < -0.3 is 20.9 Å². The number of nitrogens with one attached hydrogen (secondary N) is 3. The van der Waals surface area contributed by atoms with Crippen molar-refractivity contribution in [3.8, 4) is 0 Å². The quantitative estimate of drug-likeness (QED) is 0.358. The summed E-state index contributed by atoms with van der Waals surface area (Å²) in [5.41, 5.74) is 1.96. The summed E-state index contributed by atoms with van der Waals surface area (Å²) in [6.45, 7) is 2.40. The van der Waals surface area contributed by atoms with Gasteiger partial charge in [0.1, 0.15) is 0 Å². The van der Waals surface area contributed by atoms with E-state index < -0.39 is 0 Å². The number of anilines is 1. The van der Waals surface area contributed by atoms with Crippen molar-refractivity contribution in [1.82, 2.24) is 15.5 Å². The van der Waals surface area contributed by atoms with Crippen molar-refractivity contribution in [1.29, 1.82) is 0 Å². The van der Waals surface area contributed by atoms with Crippen molar-refractivity contribution in [2.45, 2.75) is 51.1 Å². The lowest BCUT2D eigenvalue weighted by Gasteiger charge is -2.18. The molecule has 2 amide bonds. The summed E-state index contributed by atoms with van der Waals surface area (Å²) < 4.78 is 0. The second-order valence-corrected chi connectivity index (χ2v) is 6.88. The molecule has 26 heavy (non-hydrogen) atoms. The molecule has 144 valence electrons. The average Bonchev–Trinajstić information content (AvgIpc) is 3.32. The summed E-state index contributed by atoms with van der Waals surface area (Å²) in [4.78, 5) is 18.4. The van der Waals surface area contributed by atoms with Crippen LogP contribution in [0, 0.1) is 0 Å². The Hall–Kier alpha value is -1.51. The van der Waals surface area contributed by atoms with E-state index in [4.69, 9.17) is 0 Å². The predicted molar refractivity (Wildman–Crippen MR) is 117 cm³/mol. The molecule has 0 spiro atoms. The van der Waals surface area contributed by atoms with E-state index in [-0.39, 0.29) is 30.0 Å². The first-order valence-corrected chi connectivity index (χ1v) is 9.36. The third-order valence-electron chi connectivity index (χ3n) is 4.95. The van der Waals surface area contributed by atoms with Crippen LogP contribution in [-0.4, -0.2) is 43.1 Å². The van der Waals surface area contributed by atoms with E-state index in [1.807, 2.05) is 23.1 Å². The highest BCUT2D eigenvalue weighted by molar-refractivity contribution is 14.0. The smallest absolute Gasteiger partial charge is 0.321 e. The van der Waals surface area contributed by atoms with E-state index in [1.165, 1.54) is 25.7 Å². The van der Waals surface area contributed by atoms with Crippen molar-refractivity contribution in [2.75, 3.05) is 25.5 Å². The summed E-state index contributed by atoms with van der Waals surface area (Å²) >= 11 is 0. The molecule has 1 aliphatic heterocycles. The molecule has 1 saturated carbocycles. The van der Waals surface area contributed by atoms with Gasteiger partial charge in [-0.1, -0.05) is 25.0 Å². The Balaban J connectivity index is 0.00000243. The van der Waals surface area contributed by atoms with Crippen LogP contribution in [-0.2, 0) is 6.54 Å². The highest BCUT2D eigenvalue weighted by Crippen LogP contribution is 2.17. The Morgan fingerprint density at radius 2 is 1.92 bits per heavy atom. The molecule has 0 atom stereocenters. The minimum atomic E-state index is 0. The summed E-state index contributed by atoms with van der Waals surface area (Å²) in [5.74, 6) is 0.846. The zero-order valence-corrected chi connectivity index (χ0v) is 17.8. The molecule has 0 radical (unpaired) electrons. The number of hydrogen-bond donors (Lipinski definition) is 3. The highest BCUT2D eigenvalue weighted by atomic mass is 127. The van der Waals surface area contributed by atoms with E-state index in [0.717, 1.165) is 43.1 Å². The van der Waals surface area contributed by atoms with Crippen LogP contribution in [0.4, 0.5) is 10.5 Å². The van der Waals surface area contributed by atoms with Gasteiger partial charge in [-0.05, 0) is 43.4 Å². The molecule has 1 heterocycles. The van der Waals surface area contributed by atoms with Gasteiger partial charge in [-0.3, -0.25) is 4.99 Å². The van der Waals surface area contributed by atoms with Gasteiger partial charge in [0.05, 0.1) is 0 Å². The number of carbonyl (C=O) groups excluding carboxylic acids is 1. The maximum Gasteiger partial charge on any atom is 0.321 e. The van der Waals surface area contributed by atoms with Crippen LogP contribution in [0.5, 0.6) is 0 Å². The molecule has 6 nitrogen and oxygen atoms in total. The summed E-state index contributed by atoms with van der Waals surface area (Å²) in [6, 6.07) is 8.52. The predicted octanol–water partition coefficient (Wildman–Crippen LogP) is 3.54. The molecular weight excluding hydrogens is 441 g/mol. The molecule has 0 aromatic heterocycles. The van der Waals surface area contributed by atoms with Crippen LogP contribution >= 0.6 is 24.0 Å². The molecule has 3 rings (SSSR count). The fourth-order valence-corrected chi connectivity index (χ4v) is 3.53. The van der Waals surface area contributed by atoms with Gasteiger partial charge in [0.2, 0.25) is 0 Å². The van der Waals surface area contributed by atoms with Gasteiger partial charge in [0.25, 0.3) is 0 Å². The zero-order chi connectivity index (χ0) is 17.5. The lowest BCUT2D eigenvalue weighted by atomic mass is 10.2. The molecule has 2 aliphatic rings. The number of halogens is 1. The highest BCUT2D eigenvalue weighted by Gasteiger charge is 2.18. The van der Waals surface area contributed by atoms with Gasteiger partial charge in [0.15, 0.2) is 5.96 Å². The van der Waals surface area contributed by atoms with Gasteiger partial charge in [0, 0.05) is 38.4 Å². The first-order valence-electron chi connectivity index (χ1n) is 9.36. The molecule has 0 bridgehead atoms. The van der Waals surface area contributed by atoms with Gasteiger partial charge in [-0.25, -0.2) is 4.79 Å². The van der Waals surface area contributed by atoms with E-state index in [0.29, 0.717) is 12.6 Å². The number of carbonyl (C=O) groups is 1. The number of nitrogens with zero attached hydrogens (tertiary/aromatic N) is 2. The second-order valence-electron chi connectivity index (χ2n) is 6.88. The topological polar surface area (TPSA) is 68.8 Å². The summed E-state index contributed by atoms with van der Waals surface area (Å²) in [5, 5.41) is 9.84. The van der Waals surface area contributed by atoms with Crippen LogP contribution in [0.3, 0.4) is 0 Å².